The number of piperazine rings is 1. The lowest BCUT2D eigenvalue weighted by molar-refractivity contribution is 0.0928. The van der Waals surface area contributed by atoms with Gasteiger partial charge in [0.25, 0.3) is 5.91 Å². The van der Waals surface area contributed by atoms with E-state index in [2.05, 4.69) is 54.0 Å². The fraction of sp³-hybridized carbons (Fsp3) is 0.394. The van der Waals surface area contributed by atoms with Gasteiger partial charge < -0.3 is 15.0 Å². The van der Waals surface area contributed by atoms with Crippen LogP contribution in [0, 0.1) is 6.92 Å². The first-order chi connectivity index (χ1) is 20.8. The molecule has 0 aliphatic carbocycles. The maximum atomic E-state index is 13.5. The molecule has 4 aromatic heterocycles. The van der Waals surface area contributed by atoms with E-state index in [1.54, 1.807) is 10.6 Å². The minimum absolute atomic E-state index is 0.240. The Morgan fingerprint density at radius 3 is 2.79 bits per heavy atom. The minimum Gasteiger partial charge on any atom is -0.492 e. The molecule has 5 heterocycles. The number of carbonyl (C=O) groups excluding carboxylic acids is 1. The van der Waals surface area contributed by atoms with Gasteiger partial charge >= 0.3 is 0 Å². The predicted molar refractivity (Wildman–Crippen MR) is 169 cm³/mol. The van der Waals surface area contributed by atoms with Gasteiger partial charge in [0.05, 0.1) is 35.3 Å². The molecule has 6 rings (SSSR count). The molecule has 0 bridgehead atoms. The summed E-state index contributed by atoms with van der Waals surface area (Å²) in [6.45, 7) is 13.7. The number of benzene rings is 1. The van der Waals surface area contributed by atoms with Crippen molar-refractivity contribution in [2.45, 2.75) is 46.2 Å². The van der Waals surface area contributed by atoms with Crippen molar-refractivity contribution in [2.75, 3.05) is 45.2 Å². The van der Waals surface area contributed by atoms with Gasteiger partial charge in [0, 0.05) is 55.6 Å². The highest BCUT2D eigenvalue weighted by Gasteiger charge is 2.21. The van der Waals surface area contributed by atoms with Crippen LogP contribution >= 0.6 is 0 Å². The number of likely N-dealkylation sites (N-methyl/N-ethyl adjacent to an activating group) is 1. The van der Waals surface area contributed by atoms with Crippen molar-refractivity contribution in [2.24, 2.45) is 0 Å². The molecular weight excluding hydrogens is 540 g/mol. The first-order valence-electron chi connectivity index (χ1n) is 15.0. The van der Waals surface area contributed by atoms with Gasteiger partial charge in [0.1, 0.15) is 23.7 Å². The highest BCUT2D eigenvalue weighted by atomic mass is 16.5. The number of anilines is 1. The van der Waals surface area contributed by atoms with E-state index in [1.807, 2.05) is 60.3 Å². The Bertz CT molecular complexity index is 1760. The highest BCUT2D eigenvalue weighted by Crippen LogP contribution is 2.28. The lowest BCUT2D eigenvalue weighted by Gasteiger charge is -2.37. The number of amides is 1. The number of aromatic nitrogens is 5. The summed E-state index contributed by atoms with van der Waals surface area (Å²) < 4.78 is 9.78. The van der Waals surface area contributed by atoms with Gasteiger partial charge in [-0.1, -0.05) is 26.0 Å². The molecule has 0 spiro atoms. The number of hydrogen-bond acceptors (Lipinski definition) is 7. The first-order valence-corrected chi connectivity index (χ1v) is 15.0. The third-order valence-corrected chi connectivity index (χ3v) is 8.37. The number of imidazole rings is 1. The molecule has 0 saturated carbocycles. The average Bonchev–Trinajstić information content (AvgIpc) is 3.56. The van der Waals surface area contributed by atoms with E-state index < -0.39 is 0 Å². The molecule has 1 N–H and O–H groups in total. The van der Waals surface area contributed by atoms with E-state index in [4.69, 9.17) is 14.8 Å². The summed E-state index contributed by atoms with van der Waals surface area (Å²) in [5.41, 5.74) is 5.62. The van der Waals surface area contributed by atoms with Gasteiger partial charge in [-0.2, -0.15) is 5.10 Å². The lowest BCUT2D eigenvalue weighted by atomic mass is 10.1. The van der Waals surface area contributed by atoms with Crippen LogP contribution in [0.3, 0.4) is 0 Å². The molecule has 10 heteroatoms. The molecule has 43 heavy (non-hydrogen) atoms. The molecule has 1 saturated heterocycles. The Balaban J connectivity index is 1.15. The summed E-state index contributed by atoms with van der Waals surface area (Å²) in [5, 5.41) is 8.82. The number of carbonyl (C=O) groups is 1. The van der Waals surface area contributed by atoms with Gasteiger partial charge in [0.2, 0.25) is 0 Å². The Hall–Kier alpha value is -4.28. The summed E-state index contributed by atoms with van der Waals surface area (Å²) >= 11 is 0. The zero-order chi connectivity index (χ0) is 30.1. The van der Waals surface area contributed by atoms with Crippen LogP contribution < -0.4 is 10.1 Å². The second-order valence-electron chi connectivity index (χ2n) is 11.8. The molecule has 1 aliphatic heterocycles. The summed E-state index contributed by atoms with van der Waals surface area (Å²) in [4.78, 5) is 27.6. The van der Waals surface area contributed by atoms with Crippen LogP contribution in [0.1, 0.15) is 54.3 Å². The Morgan fingerprint density at radius 2 is 1.98 bits per heavy atom. The Labute approximate surface area is 252 Å². The molecule has 10 nitrogen and oxygen atoms in total. The van der Waals surface area contributed by atoms with E-state index in [-0.39, 0.29) is 5.91 Å². The molecule has 1 unspecified atom stereocenters. The van der Waals surface area contributed by atoms with E-state index >= 15 is 0 Å². The van der Waals surface area contributed by atoms with Crippen LogP contribution in [0.4, 0.5) is 5.69 Å². The van der Waals surface area contributed by atoms with Crippen molar-refractivity contribution in [1.82, 2.24) is 33.9 Å². The number of ether oxygens (including phenoxy) is 1. The maximum Gasteiger partial charge on any atom is 0.274 e. The van der Waals surface area contributed by atoms with Crippen molar-refractivity contribution in [3.63, 3.8) is 0 Å². The molecule has 224 valence electrons. The Morgan fingerprint density at radius 1 is 1.14 bits per heavy atom. The van der Waals surface area contributed by atoms with Gasteiger partial charge in [-0.05, 0) is 57.1 Å². The van der Waals surface area contributed by atoms with Gasteiger partial charge in [-0.25, -0.2) is 4.98 Å². The number of pyridine rings is 2. The minimum atomic E-state index is -0.240. The number of fused-ring (bicyclic) bond motifs is 2. The van der Waals surface area contributed by atoms with E-state index in [9.17, 15) is 4.79 Å². The van der Waals surface area contributed by atoms with Crippen molar-refractivity contribution >= 4 is 28.1 Å². The predicted octanol–water partition coefficient (Wildman–Crippen LogP) is 4.83. The second kappa shape index (κ2) is 12.1. The van der Waals surface area contributed by atoms with Gasteiger partial charge in [-0.15, -0.1) is 0 Å². The normalized spacial score (nSPS) is 16.4. The van der Waals surface area contributed by atoms with Crippen LogP contribution in [-0.4, -0.2) is 85.7 Å². The number of nitrogens with zero attached hydrogens (tertiary/aromatic N) is 7. The molecule has 5 aromatic rings. The van der Waals surface area contributed by atoms with Crippen LogP contribution in [0.5, 0.6) is 5.75 Å². The topological polar surface area (TPSA) is 92.8 Å². The summed E-state index contributed by atoms with van der Waals surface area (Å²) in [6.07, 6.45) is 3.44. The van der Waals surface area contributed by atoms with Crippen molar-refractivity contribution in [1.29, 1.82) is 0 Å². The number of nitrogens with one attached hydrogen (secondary N) is 1. The number of rotatable bonds is 9. The van der Waals surface area contributed by atoms with Gasteiger partial charge in [-0.3, -0.25) is 23.8 Å². The summed E-state index contributed by atoms with van der Waals surface area (Å²) in [5.74, 6) is 0.859. The quantitative estimate of drug-likeness (QED) is 0.267. The zero-order valence-electron chi connectivity index (χ0n) is 25.6. The molecule has 1 aromatic carbocycles. The van der Waals surface area contributed by atoms with Crippen LogP contribution in [-0.2, 0) is 6.54 Å². The summed E-state index contributed by atoms with van der Waals surface area (Å²) in [7, 11) is 2.18. The molecule has 1 atom stereocenters. The monoisotopic (exact) mass is 580 g/mol. The fourth-order valence-corrected chi connectivity index (χ4v) is 5.73. The largest absolute Gasteiger partial charge is 0.492 e. The number of aryl methyl sites for hydroxylation is 1. The van der Waals surface area contributed by atoms with Crippen molar-refractivity contribution in [3.8, 4) is 5.75 Å². The summed E-state index contributed by atoms with van der Waals surface area (Å²) in [6, 6.07) is 16.3. The standard InChI is InChI=1S/C33H40N8O2/c1-22(2)27-9-6-8-25(35-27)21-41-29-11-7-10-28(32(29)24(4)37-41)36-33(42)30-19-34-31-18-26(12-13-40(30)31)43-17-16-39-15-14-38(5)23(3)20-39/h6-13,18-19,22-23H,14-17,20-21H2,1-5H3,(H,36,42). The molecule has 0 radical (unpaired) electrons. The first kappa shape index (κ1) is 28.8. The van der Waals surface area contributed by atoms with E-state index in [0.717, 1.165) is 59.9 Å². The molecule has 1 fully saturated rings. The maximum absolute atomic E-state index is 13.5. The fourth-order valence-electron chi connectivity index (χ4n) is 5.73. The third-order valence-electron chi connectivity index (χ3n) is 8.37. The van der Waals surface area contributed by atoms with Crippen molar-refractivity contribution < 1.29 is 9.53 Å². The van der Waals surface area contributed by atoms with Gasteiger partial charge in [0.15, 0.2) is 0 Å². The number of hydrogen-bond donors (Lipinski definition) is 1. The molecule has 1 amide bonds. The second-order valence-corrected chi connectivity index (χ2v) is 11.8. The smallest absolute Gasteiger partial charge is 0.274 e. The molecule has 1 aliphatic rings. The van der Waals surface area contributed by atoms with Crippen LogP contribution in [0.15, 0.2) is 60.9 Å². The molecular formula is C33H40N8O2. The lowest BCUT2D eigenvalue weighted by Crippen LogP contribution is -2.50. The highest BCUT2D eigenvalue weighted by molar-refractivity contribution is 6.08. The zero-order valence-corrected chi connectivity index (χ0v) is 25.6. The van der Waals surface area contributed by atoms with Crippen LogP contribution in [0.2, 0.25) is 0 Å². The van der Waals surface area contributed by atoms with Crippen LogP contribution in [0.25, 0.3) is 16.6 Å². The van der Waals surface area contributed by atoms with Crippen molar-refractivity contribution in [3.05, 3.63) is 83.7 Å². The average molecular weight is 581 g/mol. The Kier molecular flexibility index (Phi) is 8.14. The van der Waals surface area contributed by atoms with E-state index in [0.29, 0.717) is 42.1 Å². The van der Waals surface area contributed by atoms with E-state index in [1.165, 1.54) is 0 Å². The third kappa shape index (κ3) is 6.11. The SMILES string of the molecule is Cc1nn(Cc2cccc(C(C)C)n2)c2cccc(NC(=O)c3cnc4cc(OCCN5CCN(C)C(C)C5)ccn34)c12.